The third kappa shape index (κ3) is 3.63. The van der Waals surface area contributed by atoms with E-state index in [1.807, 2.05) is 62.0 Å². The van der Waals surface area contributed by atoms with Crippen LogP contribution in [0.15, 0.2) is 36.5 Å². The van der Waals surface area contributed by atoms with E-state index in [-0.39, 0.29) is 0 Å². The largest absolute Gasteiger partial charge is 0.494 e. The van der Waals surface area contributed by atoms with Crippen LogP contribution in [0, 0.1) is 18.3 Å². The Morgan fingerprint density at radius 3 is 2.44 bits per heavy atom. The molecule has 27 heavy (non-hydrogen) atoms. The zero-order valence-corrected chi connectivity index (χ0v) is 16.0. The number of nitrogens with zero attached hydrogens (tertiary/aromatic N) is 4. The number of nitriles is 1. The Bertz CT molecular complexity index is 985. The van der Waals surface area contributed by atoms with Crippen molar-refractivity contribution < 1.29 is 9.47 Å². The maximum Gasteiger partial charge on any atom is 0.232 e. The number of pyridine rings is 1. The fraction of sp³-hybridized carbons (Fsp3) is 0.286. The van der Waals surface area contributed by atoms with Gasteiger partial charge in [-0.05, 0) is 44.5 Å². The Morgan fingerprint density at radius 1 is 1.15 bits per heavy atom. The fourth-order valence-electron chi connectivity index (χ4n) is 2.97. The van der Waals surface area contributed by atoms with E-state index in [9.17, 15) is 5.26 Å². The molecule has 3 aromatic rings. The Morgan fingerprint density at radius 2 is 1.89 bits per heavy atom. The second-order valence-electron chi connectivity index (χ2n) is 5.99. The van der Waals surface area contributed by atoms with Gasteiger partial charge in [0.2, 0.25) is 5.88 Å². The number of benzene rings is 1. The number of ether oxygens (including phenoxy) is 2. The highest BCUT2D eigenvalue weighted by molar-refractivity contribution is 5.78. The molecule has 0 bridgehead atoms. The summed E-state index contributed by atoms with van der Waals surface area (Å²) in [6.07, 6.45) is 1.96. The van der Waals surface area contributed by atoms with Crippen LogP contribution in [0.2, 0.25) is 0 Å². The normalized spacial score (nSPS) is 10.5. The van der Waals surface area contributed by atoms with Gasteiger partial charge in [0.25, 0.3) is 0 Å². The molecular formula is C21H22N4O2. The van der Waals surface area contributed by atoms with Gasteiger partial charge in [-0.1, -0.05) is 12.1 Å². The summed E-state index contributed by atoms with van der Waals surface area (Å²) in [6.45, 7) is 7.32. The molecule has 1 aromatic carbocycles. The van der Waals surface area contributed by atoms with Crippen LogP contribution in [0.25, 0.3) is 22.4 Å². The molecule has 138 valence electrons. The first-order chi connectivity index (χ1) is 13.1. The van der Waals surface area contributed by atoms with Crippen LogP contribution in [0.5, 0.6) is 11.6 Å². The van der Waals surface area contributed by atoms with Gasteiger partial charge >= 0.3 is 0 Å². The van der Waals surface area contributed by atoms with E-state index in [4.69, 9.17) is 9.47 Å². The summed E-state index contributed by atoms with van der Waals surface area (Å²) in [4.78, 5) is 4.55. The molecule has 3 rings (SSSR count). The van der Waals surface area contributed by atoms with Crippen LogP contribution in [-0.2, 0) is 6.54 Å². The molecule has 2 heterocycles. The van der Waals surface area contributed by atoms with Gasteiger partial charge in [0, 0.05) is 23.9 Å². The molecule has 0 fully saturated rings. The van der Waals surface area contributed by atoms with Gasteiger partial charge in [-0.15, -0.1) is 0 Å². The van der Waals surface area contributed by atoms with Crippen LogP contribution in [-0.4, -0.2) is 28.5 Å². The molecule has 0 unspecified atom stereocenters. The first-order valence-corrected chi connectivity index (χ1v) is 8.88. The molecule has 2 aromatic heterocycles. The van der Waals surface area contributed by atoms with Crippen molar-refractivity contribution in [2.75, 3.05) is 13.7 Å². The van der Waals surface area contributed by atoms with Gasteiger partial charge in [-0.3, -0.25) is 4.68 Å². The molecule has 0 radical (unpaired) electrons. The summed E-state index contributed by atoms with van der Waals surface area (Å²) in [5.74, 6) is 1.10. The summed E-state index contributed by atoms with van der Waals surface area (Å²) in [5, 5.41) is 14.2. The maximum atomic E-state index is 9.68. The molecule has 0 saturated heterocycles. The molecule has 0 aliphatic carbocycles. The number of hydrogen-bond acceptors (Lipinski definition) is 5. The lowest BCUT2D eigenvalue weighted by molar-refractivity contribution is 0.340. The monoisotopic (exact) mass is 362 g/mol. The van der Waals surface area contributed by atoms with Gasteiger partial charge in [0.15, 0.2) is 0 Å². The van der Waals surface area contributed by atoms with Gasteiger partial charge in [-0.2, -0.15) is 10.4 Å². The lowest BCUT2D eigenvalue weighted by Crippen LogP contribution is -1.98. The van der Waals surface area contributed by atoms with E-state index in [0.29, 0.717) is 18.1 Å². The summed E-state index contributed by atoms with van der Waals surface area (Å²) in [5.41, 5.74) is 4.61. The SMILES string of the molecule is CCOc1ccc(-c2cc(-c3cn(CC)nc3C)nc(OC)c2C#N)cc1. The Hall–Kier alpha value is -3.33. The topological polar surface area (TPSA) is 73.0 Å². The minimum absolute atomic E-state index is 0.308. The number of rotatable bonds is 6. The Labute approximate surface area is 159 Å². The highest BCUT2D eigenvalue weighted by Crippen LogP contribution is 2.34. The predicted molar refractivity (Wildman–Crippen MR) is 104 cm³/mol. The molecule has 0 saturated carbocycles. The van der Waals surface area contributed by atoms with Crippen molar-refractivity contribution in [3.05, 3.63) is 47.8 Å². The zero-order valence-electron chi connectivity index (χ0n) is 16.0. The molecule has 6 nitrogen and oxygen atoms in total. The van der Waals surface area contributed by atoms with E-state index < -0.39 is 0 Å². The summed E-state index contributed by atoms with van der Waals surface area (Å²) >= 11 is 0. The van der Waals surface area contributed by atoms with Crippen LogP contribution < -0.4 is 9.47 Å². The second kappa shape index (κ2) is 7.92. The van der Waals surface area contributed by atoms with Crippen molar-refractivity contribution in [2.24, 2.45) is 0 Å². The maximum absolute atomic E-state index is 9.68. The van der Waals surface area contributed by atoms with Gasteiger partial charge in [0.05, 0.1) is 25.1 Å². The number of hydrogen-bond donors (Lipinski definition) is 0. The van der Waals surface area contributed by atoms with E-state index >= 15 is 0 Å². The number of aromatic nitrogens is 3. The van der Waals surface area contributed by atoms with E-state index in [1.54, 1.807) is 0 Å². The van der Waals surface area contributed by atoms with Crippen molar-refractivity contribution in [1.29, 1.82) is 5.26 Å². The molecule has 0 N–H and O–H groups in total. The molecule has 6 heteroatoms. The Balaban J connectivity index is 2.17. The van der Waals surface area contributed by atoms with Crippen molar-refractivity contribution in [1.82, 2.24) is 14.8 Å². The van der Waals surface area contributed by atoms with Gasteiger partial charge in [-0.25, -0.2) is 4.98 Å². The summed E-state index contributed by atoms with van der Waals surface area (Å²) < 4.78 is 12.8. The molecule has 0 amide bonds. The number of methoxy groups -OCH3 is 1. The van der Waals surface area contributed by atoms with E-state index in [2.05, 4.69) is 16.2 Å². The summed E-state index contributed by atoms with van der Waals surface area (Å²) in [7, 11) is 1.53. The molecular weight excluding hydrogens is 340 g/mol. The van der Waals surface area contributed by atoms with Crippen LogP contribution >= 0.6 is 0 Å². The smallest absolute Gasteiger partial charge is 0.232 e. The van der Waals surface area contributed by atoms with E-state index in [0.717, 1.165) is 40.4 Å². The average Bonchev–Trinajstić information content (AvgIpc) is 3.08. The van der Waals surface area contributed by atoms with Crippen LogP contribution in [0.4, 0.5) is 0 Å². The van der Waals surface area contributed by atoms with Crippen LogP contribution in [0.1, 0.15) is 25.1 Å². The highest BCUT2D eigenvalue weighted by Gasteiger charge is 2.18. The fourth-order valence-corrected chi connectivity index (χ4v) is 2.97. The van der Waals surface area contributed by atoms with Crippen molar-refractivity contribution >= 4 is 0 Å². The van der Waals surface area contributed by atoms with Gasteiger partial charge in [0.1, 0.15) is 17.4 Å². The third-order valence-electron chi connectivity index (χ3n) is 4.31. The molecule has 0 aliphatic heterocycles. The minimum atomic E-state index is 0.308. The predicted octanol–water partition coefficient (Wildman–Crippen LogP) is 4.22. The lowest BCUT2D eigenvalue weighted by Gasteiger charge is -2.12. The standard InChI is InChI=1S/C21H22N4O2/c1-5-25-13-19(14(3)24-25)20-11-17(18(12-22)21(23-20)26-4)15-7-9-16(10-8-15)27-6-2/h7-11,13H,5-6H2,1-4H3. The molecule has 0 atom stereocenters. The molecule has 0 spiro atoms. The zero-order chi connectivity index (χ0) is 19.4. The highest BCUT2D eigenvalue weighted by atomic mass is 16.5. The average molecular weight is 362 g/mol. The first-order valence-electron chi connectivity index (χ1n) is 8.88. The van der Waals surface area contributed by atoms with Crippen molar-refractivity contribution in [3.8, 4) is 40.1 Å². The van der Waals surface area contributed by atoms with Crippen molar-refractivity contribution in [3.63, 3.8) is 0 Å². The lowest BCUT2D eigenvalue weighted by atomic mass is 9.99. The first kappa shape index (κ1) is 18.5. The van der Waals surface area contributed by atoms with Crippen LogP contribution in [0.3, 0.4) is 0 Å². The number of aryl methyl sites for hydroxylation is 2. The third-order valence-corrected chi connectivity index (χ3v) is 4.31. The Kier molecular flexibility index (Phi) is 5.41. The minimum Gasteiger partial charge on any atom is -0.494 e. The quantitative estimate of drug-likeness (QED) is 0.656. The molecule has 0 aliphatic rings. The van der Waals surface area contributed by atoms with E-state index in [1.165, 1.54) is 7.11 Å². The van der Waals surface area contributed by atoms with Gasteiger partial charge < -0.3 is 9.47 Å². The summed E-state index contributed by atoms with van der Waals surface area (Å²) in [6, 6.07) is 11.8. The van der Waals surface area contributed by atoms with Crippen molar-refractivity contribution in [2.45, 2.75) is 27.3 Å². The second-order valence-corrected chi connectivity index (χ2v) is 5.99.